The van der Waals surface area contributed by atoms with Crippen molar-refractivity contribution in [2.45, 2.75) is 274 Å². The second-order valence-corrected chi connectivity index (χ2v) is 40.4. The van der Waals surface area contributed by atoms with Gasteiger partial charge in [-0.3, -0.25) is 4.98 Å². The summed E-state index contributed by atoms with van der Waals surface area (Å²) in [6, 6.07) is 28.2. The highest BCUT2D eigenvalue weighted by Gasteiger charge is 2.38. The Balaban J connectivity index is 0.000000223. The van der Waals surface area contributed by atoms with E-state index in [-0.39, 0.29) is 84.0 Å². The number of hydrogen-bond acceptors (Lipinski definition) is 24. The zero-order valence-corrected chi connectivity index (χ0v) is 86.3. The Hall–Kier alpha value is -6.56. The van der Waals surface area contributed by atoms with E-state index in [1.54, 1.807) is 24.3 Å². The van der Waals surface area contributed by atoms with Gasteiger partial charge < -0.3 is 77.7 Å². The number of methoxy groups -OCH3 is 5. The number of aromatic amines is 1. The Morgan fingerprint density at radius 3 is 1.03 bits per heavy atom. The number of aliphatic hydroxyl groups is 1. The van der Waals surface area contributed by atoms with E-state index in [4.69, 9.17) is 58.0 Å². The normalized spacial score (nSPS) is 14.9. The molecule has 1 aromatic heterocycles. The highest BCUT2D eigenvalue weighted by atomic mass is 127. The average molecular weight is 2300 g/mol. The van der Waals surface area contributed by atoms with E-state index in [1.165, 1.54) is 158 Å². The van der Waals surface area contributed by atoms with E-state index in [0.29, 0.717) is 76.1 Å². The standard InChI is InChI=1S/C17H22O3.C16H22O2.C14H17BrO3.C14H18O3.C11H13IO3.C8H7IO3.2C3H7BO2.C3HBr2N3O3.C3H7I/c1-10(2)20-16-9-14(12-6-7-12)13(11-4-5-11)8-15(16)17(18)19-3;1-10(2)18-16-8-15(12-5-6-12)14(11-3-4-11)7-13(16)9-17;1-8(2)18-13-7-10(9-4-5-9)12(15)6-11(13)14(16)17-3;1-9(2)17-13-8-11(10-4-5-10)6-7-12(13)14(15)16-3;1-7(2)15-10-6-8(12)4-5-9(10)11(13)14-3;1-12-8(11)6-3-2-5(9)4-7(6)10;2*5-4(6)3-1-2-3;4-7-1(9)6-2(10)8(5)3(7)11;1-3(2)4/h8-12H,4-7H2,1-3H3;7-8,10-12,17H,3-6,9H2,1-2H3;6-9H,4-5H2,1-3H3;6-10H,4-5H2,1-3H3;4-7H,1-3H3;2-4,10H,1H3;2*3,5-6H,1-2H2;(H,6,9,10);3H,1-2H3. The van der Waals surface area contributed by atoms with E-state index >= 15 is 0 Å². The number of hydrogen-bond donors (Lipinski definition) is 7. The van der Waals surface area contributed by atoms with Gasteiger partial charge in [-0.25, -0.2) is 38.4 Å². The second-order valence-electron chi connectivity index (χ2n) is 33.2. The number of aromatic nitrogens is 3. The molecule has 8 saturated carbocycles. The number of phenols is 1. The Bertz CT molecular complexity index is 4920. The molecule has 35 heteroatoms. The number of aliphatic hydroxyl groups excluding tert-OH is 1. The molecule has 0 bridgehead atoms. The topological polar surface area (TPSA) is 376 Å². The highest BCUT2D eigenvalue weighted by molar-refractivity contribution is 14.1. The highest BCUT2D eigenvalue weighted by Crippen LogP contribution is 2.53. The number of carbonyl (C=O) groups excluding carboxylic acids is 5. The van der Waals surface area contributed by atoms with E-state index in [9.17, 15) is 48.6 Å². The number of ether oxygens (including phenoxy) is 10. The number of benzene rings is 6. The fourth-order valence-electron chi connectivity index (χ4n) is 12.3. The maximum atomic E-state index is 12.0. The van der Waals surface area contributed by atoms with Gasteiger partial charge in [0.15, 0.2) is 0 Å². The minimum absolute atomic E-state index is 0.0293. The predicted molar refractivity (Wildman–Crippen MR) is 526 cm³/mol. The van der Waals surface area contributed by atoms with Crippen LogP contribution in [0.1, 0.15) is 312 Å². The van der Waals surface area contributed by atoms with Crippen LogP contribution in [0.5, 0.6) is 34.5 Å². The number of aromatic hydroxyl groups is 1. The van der Waals surface area contributed by atoms with Crippen LogP contribution in [0, 0.1) is 7.14 Å². The molecule has 0 saturated heterocycles. The third-order valence-electron chi connectivity index (χ3n) is 19.6. The van der Waals surface area contributed by atoms with Gasteiger partial charge in [0.2, 0.25) is 0 Å². The summed E-state index contributed by atoms with van der Waals surface area (Å²) < 4.78 is 57.1. The van der Waals surface area contributed by atoms with Crippen molar-refractivity contribution in [3.63, 3.8) is 0 Å². The molecule has 8 fully saturated rings. The zero-order valence-electron chi connectivity index (χ0n) is 75.1. The Morgan fingerprint density at radius 1 is 0.402 bits per heavy atom. The van der Waals surface area contributed by atoms with E-state index < -0.39 is 37.3 Å². The van der Waals surface area contributed by atoms with Crippen LogP contribution in [0.15, 0.2) is 110 Å². The van der Waals surface area contributed by atoms with Gasteiger partial charge in [-0.15, -0.1) is 0 Å². The van der Waals surface area contributed by atoms with Crippen molar-refractivity contribution >= 4 is 160 Å². The van der Waals surface area contributed by atoms with Gasteiger partial charge in [0.1, 0.15) is 62.3 Å². The molecular formula is C92H121B2Br3I3N3O24. The number of H-pyrrole nitrogens is 1. The van der Waals surface area contributed by atoms with Gasteiger partial charge in [0.05, 0.1) is 105 Å². The minimum atomic E-state index is -1.04. The zero-order chi connectivity index (χ0) is 94.5. The number of halogens is 6. The van der Waals surface area contributed by atoms with Crippen LogP contribution in [-0.4, -0.2) is 157 Å². The summed E-state index contributed by atoms with van der Waals surface area (Å²) >= 11 is 15.4. The van der Waals surface area contributed by atoms with Crippen LogP contribution >= 0.6 is 116 Å². The lowest BCUT2D eigenvalue weighted by molar-refractivity contribution is 0.0584. The molecule has 8 aliphatic rings. The summed E-state index contributed by atoms with van der Waals surface area (Å²) in [4.78, 5) is 91.7. The van der Waals surface area contributed by atoms with Gasteiger partial charge in [-0.1, -0.05) is 84.1 Å². The number of nitrogens with one attached hydrogen (secondary N) is 1. The number of nitrogens with zero attached hydrogens (tertiary/aromatic N) is 2. The Kier molecular flexibility index (Phi) is 45.8. The molecule has 27 nitrogen and oxygen atoms in total. The van der Waals surface area contributed by atoms with Crippen molar-refractivity contribution in [2.24, 2.45) is 0 Å². The van der Waals surface area contributed by atoms with E-state index in [2.05, 4.69) is 135 Å². The molecule has 0 spiro atoms. The number of phenolic OH excluding ortho intramolecular Hbond substituents is 1. The lowest BCUT2D eigenvalue weighted by Gasteiger charge is -2.17. The average Bonchev–Trinajstić information content (AvgIpc) is 1.59. The largest absolute Gasteiger partial charge is 0.507 e. The summed E-state index contributed by atoms with van der Waals surface area (Å²) in [7, 11) is 4.75. The number of alkyl halides is 1. The van der Waals surface area contributed by atoms with Crippen molar-refractivity contribution in [1.29, 1.82) is 0 Å². The maximum Gasteiger partial charge on any atom is 0.454 e. The van der Waals surface area contributed by atoms with Crippen molar-refractivity contribution in [3.8, 4) is 34.5 Å². The Labute approximate surface area is 811 Å². The summed E-state index contributed by atoms with van der Waals surface area (Å²) in [5.41, 5.74) is 8.96. The monoisotopic (exact) mass is 2290 g/mol. The molecule has 8 aliphatic carbocycles. The Morgan fingerprint density at radius 2 is 0.693 bits per heavy atom. The summed E-state index contributed by atoms with van der Waals surface area (Å²) in [6.45, 7) is 24.0. The van der Waals surface area contributed by atoms with Crippen LogP contribution in [0.2, 0.25) is 11.6 Å². The number of carbonyl (C=O) groups is 5. The minimum Gasteiger partial charge on any atom is -0.507 e. The molecule has 0 amide bonds. The molecule has 0 unspecified atom stereocenters. The summed E-state index contributed by atoms with van der Waals surface area (Å²) in [5, 5.41) is 51.8. The lowest BCUT2D eigenvalue weighted by atomic mass is 9.84. The molecule has 7 N–H and O–H groups in total. The molecular weight excluding hydrogens is 2170 g/mol. The molecule has 0 radical (unpaired) electrons. The fourth-order valence-corrected chi connectivity index (χ4v) is 14.6. The van der Waals surface area contributed by atoms with Crippen molar-refractivity contribution in [2.75, 3.05) is 35.5 Å². The first kappa shape index (κ1) is 109. The van der Waals surface area contributed by atoms with Crippen molar-refractivity contribution < 1.29 is 102 Å². The first-order valence-corrected chi connectivity index (χ1v) is 48.2. The van der Waals surface area contributed by atoms with Crippen LogP contribution in [0.4, 0.5) is 0 Å². The molecule has 1 heterocycles. The molecule has 15 rings (SSSR count). The van der Waals surface area contributed by atoms with Crippen molar-refractivity contribution in [3.05, 3.63) is 201 Å². The third-order valence-corrected chi connectivity index (χ3v) is 22.9. The van der Waals surface area contributed by atoms with Crippen LogP contribution in [0.25, 0.3) is 0 Å². The lowest BCUT2D eigenvalue weighted by Crippen LogP contribution is -2.42. The quantitative estimate of drug-likeness (QED) is 0.00971. The predicted octanol–water partition coefficient (Wildman–Crippen LogP) is 19.5. The van der Waals surface area contributed by atoms with Crippen LogP contribution < -0.4 is 40.8 Å². The fraction of sp³-hybridized carbons (Fsp3) is 0.522. The van der Waals surface area contributed by atoms with E-state index in [1.807, 2.05) is 133 Å². The van der Waals surface area contributed by atoms with Gasteiger partial charge >= 0.3 is 61.2 Å². The molecule has 696 valence electrons. The summed E-state index contributed by atoms with van der Waals surface area (Å²) in [6.07, 6.45) is 19.5. The van der Waals surface area contributed by atoms with Gasteiger partial charge in [-0.2, -0.15) is 7.19 Å². The second kappa shape index (κ2) is 53.2. The van der Waals surface area contributed by atoms with E-state index in [0.717, 1.165) is 64.4 Å². The molecule has 7 aromatic rings. The van der Waals surface area contributed by atoms with Crippen LogP contribution in [0.3, 0.4) is 0 Å². The molecule has 0 aliphatic heterocycles. The summed E-state index contributed by atoms with van der Waals surface area (Å²) in [5.74, 6) is 5.92. The first-order chi connectivity index (χ1) is 60.0. The molecule has 6 aromatic carbocycles. The SMILES string of the molecule is CC(C)I.CC(C)Oc1cc(C2CC2)c(C2CC2)cc1CO.COC(=O)c1cc(Br)c(C2CC2)cc1OC(C)C.COC(=O)c1cc(C2CC2)c(C2CC2)cc1OC(C)C.COC(=O)c1ccc(C2CC2)cc1OC(C)C.COC(=O)c1ccc(I)cc1O.COC(=O)c1ccc(I)cc1OC(C)C.O=c1[nH]c(=O)n(Br)c(=O)n1Br.OB(O)C1CC1.OB(O)C1CC1. The molecule has 127 heavy (non-hydrogen) atoms. The molecule has 0 atom stereocenters. The third kappa shape index (κ3) is 37.9. The first-order valence-electron chi connectivity index (χ1n) is 42.6. The number of esters is 5. The smallest absolute Gasteiger partial charge is 0.454 e. The maximum absolute atomic E-state index is 12.0. The van der Waals surface area contributed by atoms with Gasteiger partial charge in [0, 0.05) is 21.1 Å². The number of rotatable bonds is 24. The van der Waals surface area contributed by atoms with Crippen molar-refractivity contribution in [1.82, 2.24) is 12.2 Å². The van der Waals surface area contributed by atoms with Gasteiger partial charge in [0.25, 0.3) is 0 Å². The van der Waals surface area contributed by atoms with Gasteiger partial charge in [-0.05, 0) is 357 Å². The van der Waals surface area contributed by atoms with Crippen LogP contribution in [-0.2, 0) is 30.3 Å².